The highest BCUT2D eigenvalue weighted by Crippen LogP contribution is 2.40. The molecule has 1 aromatic carbocycles. The Labute approximate surface area is 178 Å². The van der Waals surface area contributed by atoms with Crippen molar-refractivity contribution in [2.45, 2.75) is 49.5 Å². The van der Waals surface area contributed by atoms with Crippen molar-refractivity contribution < 1.29 is 23.1 Å². The molecule has 3 atom stereocenters. The third kappa shape index (κ3) is 3.87. The average molecular weight is 429 g/mol. The van der Waals surface area contributed by atoms with Gasteiger partial charge in [-0.25, -0.2) is 4.39 Å². The van der Waals surface area contributed by atoms with Gasteiger partial charge in [-0.15, -0.1) is 10.2 Å². The molecule has 0 spiro atoms. The minimum atomic E-state index is -1.72. The monoisotopic (exact) mass is 429 g/mol. The Bertz CT molecular complexity index is 990. The quantitative estimate of drug-likeness (QED) is 0.701. The smallest absolute Gasteiger partial charge is 0.257 e. The number of hydrogen-bond acceptors (Lipinski definition) is 7. The van der Waals surface area contributed by atoms with E-state index in [4.69, 9.17) is 9.15 Å². The summed E-state index contributed by atoms with van der Waals surface area (Å²) in [7, 11) is 1.60. The first-order valence-corrected chi connectivity index (χ1v) is 10.5. The summed E-state index contributed by atoms with van der Waals surface area (Å²) in [6, 6.07) is 6.67. The molecule has 3 aliphatic rings. The normalized spacial score (nSPS) is 26.8. The Morgan fingerprint density at radius 2 is 2.13 bits per heavy atom. The maximum absolute atomic E-state index is 14.0. The molecule has 164 valence electrons. The van der Waals surface area contributed by atoms with Crippen LogP contribution in [0.4, 0.5) is 4.39 Å². The van der Waals surface area contributed by atoms with E-state index < -0.39 is 11.6 Å². The van der Waals surface area contributed by atoms with E-state index in [1.54, 1.807) is 7.11 Å². The summed E-state index contributed by atoms with van der Waals surface area (Å²) < 4.78 is 25.0. The summed E-state index contributed by atoms with van der Waals surface area (Å²) >= 11 is 0. The lowest BCUT2D eigenvalue weighted by molar-refractivity contribution is -0.129. The Balaban J connectivity index is 1.25. The lowest BCUT2D eigenvalue weighted by Gasteiger charge is -2.36. The number of benzene rings is 1. The number of piperazine rings is 1. The van der Waals surface area contributed by atoms with Gasteiger partial charge in [-0.2, -0.15) is 0 Å². The number of methoxy groups -OCH3 is 1. The van der Waals surface area contributed by atoms with Gasteiger partial charge in [0.05, 0.1) is 13.2 Å². The fourth-order valence-electron chi connectivity index (χ4n) is 4.31. The first kappa shape index (κ1) is 19.9. The minimum Gasteiger partial charge on any atom is -0.497 e. The van der Waals surface area contributed by atoms with Crippen molar-refractivity contribution in [1.82, 2.24) is 25.7 Å². The summed E-state index contributed by atoms with van der Waals surface area (Å²) in [5.74, 6) is 0.995. The van der Waals surface area contributed by atoms with Crippen LogP contribution in [0.25, 0.3) is 11.5 Å². The zero-order valence-corrected chi connectivity index (χ0v) is 17.1. The van der Waals surface area contributed by atoms with Crippen LogP contribution in [0.1, 0.15) is 25.2 Å². The van der Waals surface area contributed by atoms with Crippen molar-refractivity contribution in [2.24, 2.45) is 0 Å². The molecular formula is C21H24FN5O4. The van der Waals surface area contributed by atoms with E-state index in [9.17, 15) is 14.0 Å². The molecule has 1 saturated carbocycles. The van der Waals surface area contributed by atoms with E-state index in [1.807, 2.05) is 24.3 Å². The molecule has 9 nitrogen and oxygen atoms in total. The first-order valence-electron chi connectivity index (χ1n) is 10.5. The molecule has 0 bridgehead atoms. The number of nitrogens with zero attached hydrogens (tertiary/aromatic N) is 3. The van der Waals surface area contributed by atoms with E-state index in [0.29, 0.717) is 37.7 Å². The molecule has 3 heterocycles. The van der Waals surface area contributed by atoms with Gasteiger partial charge < -0.3 is 19.8 Å². The average Bonchev–Trinajstić information content (AvgIpc) is 3.17. The molecule has 10 heteroatoms. The highest BCUT2D eigenvalue weighted by Gasteiger charge is 2.52. The number of ether oxygens (including phenoxy) is 1. The molecule has 1 aliphatic carbocycles. The largest absolute Gasteiger partial charge is 0.497 e. The van der Waals surface area contributed by atoms with Crippen LogP contribution in [0.3, 0.4) is 0 Å². The zero-order valence-electron chi connectivity index (χ0n) is 17.1. The highest BCUT2D eigenvalue weighted by molar-refractivity contribution is 5.88. The molecule has 31 heavy (non-hydrogen) atoms. The van der Waals surface area contributed by atoms with E-state index in [2.05, 4.69) is 25.7 Å². The predicted octanol–water partition coefficient (Wildman–Crippen LogP) is 0.847. The van der Waals surface area contributed by atoms with Gasteiger partial charge in [0.2, 0.25) is 17.7 Å². The van der Waals surface area contributed by atoms with Gasteiger partial charge in [-0.1, -0.05) is 0 Å². The number of carbonyl (C=O) groups is 2. The number of halogens is 1. The summed E-state index contributed by atoms with van der Waals surface area (Å²) in [5, 5.41) is 14.0. The van der Waals surface area contributed by atoms with Gasteiger partial charge in [-0.05, 0) is 43.5 Å². The highest BCUT2D eigenvalue weighted by atomic mass is 19.1. The van der Waals surface area contributed by atoms with Crippen molar-refractivity contribution in [3.05, 3.63) is 30.2 Å². The van der Waals surface area contributed by atoms with Crippen LogP contribution in [0.15, 0.2) is 28.7 Å². The molecule has 5 rings (SSSR count). The van der Waals surface area contributed by atoms with Gasteiger partial charge in [0.1, 0.15) is 5.75 Å². The maximum Gasteiger partial charge on any atom is 0.257 e. The van der Waals surface area contributed by atoms with Crippen molar-refractivity contribution in [3.63, 3.8) is 0 Å². The second kappa shape index (κ2) is 7.60. The van der Waals surface area contributed by atoms with Gasteiger partial charge in [-0.3, -0.25) is 14.5 Å². The van der Waals surface area contributed by atoms with Crippen molar-refractivity contribution in [3.8, 4) is 17.2 Å². The van der Waals surface area contributed by atoms with E-state index >= 15 is 0 Å². The molecule has 0 radical (unpaired) electrons. The Kier molecular flexibility index (Phi) is 4.88. The standard InChI is InChI=1S/C21H24FN5O4/c1-30-15-4-2-12(3-5-15)19-26-25-17(31-19)9-14-10-23-18(28)16-8-13(11-27(14)16)24-20(29)21(22)6-7-21/h2-5,13-14,16H,6-11H2,1H3,(H,23,28)(H,24,29)/t13-,14+,16-/m0/s1. The second-order valence-corrected chi connectivity index (χ2v) is 8.42. The number of rotatable bonds is 6. The van der Waals surface area contributed by atoms with Gasteiger partial charge >= 0.3 is 0 Å². The maximum atomic E-state index is 14.0. The third-order valence-electron chi connectivity index (χ3n) is 6.27. The van der Waals surface area contributed by atoms with Crippen LogP contribution >= 0.6 is 0 Å². The molecule has 2 amide bonds. The topological polar surface area (TPSA) is 110 Å². The summed E-state index contributed by atoms with van der Waals surface area (Å²) in [6.07, 6.45) is 1.48. The van der Waals surface area contributed by atoms with E-state index in [0.717, 1.165) is 11.3 Å². The first-order chi connectivity index (χ1) is 14.9. The summed E-state index contributed by atoms with van der Waals surface area (Å²) in [5.41, 5.74) is -0.926. The van der Waals surface area contributed by atoms with Crippen LogP contribution in [-0.4, -0.2) is 70.9 Å². The van der Waals surface area contributed by atoms with E-state index in [1.165, 1.54) is 0 Å². The van der Waals surface area contributed by atoms with Crippen molar-refractivity contribution in [1.29, 1.82) is 0 Å². The minimum absolute atomic E-state index is 0.0472. The Morgan fingerprint density at radius 1 is 1.35 bits per heavy atom. The number of fused-ring (bicyclic) bond motifs is 1. The summed E-state index contributed by atoms with van der Waals surface area (Å²) in [4.78, 5) is 26.5. The van der Waals surface area contributed by atoms with E-state index in [-0.39, 0.29) is 36.9 Å². The van der Waals surface area contributed by atoms with Crippen LogP contribution in [0, 0.1) is 0 Å². The Morgan fingerprint density at radius 3 is 2.84 bits per heavy atom. The molecule has 2 aromatic rings. The fraction of sp³-hybridized carbons (Fsp3) is 0.524. The molecule has 2 aliphatic heterocycles. The molecule has 3 fully saturated rings. The zero-order chi connectivity index (χ0) is 21.6. The number of aromatic nitrogens is 2. The van der Waals surface area contributed by atoms with Crippen LogP contribution < -0.4 is 15.4 Å². The van der Waals surface area contributed by atoms with Crippen LogP contribution in [0.2, 0.25) is 0 Å². The molecular weight excluding hydrogens is 405 g/mol. The Hall–Kier alpha value is -3.01. The number of carbonyl (C=O) groups excluding carboxylic acids is 2. The number of amides is 2. The lowest BCUT2D eigenvalue weighted by Crippen LogP contribution is -2.58. The fourth-order valence-corrected chi connectivity index (χ4v) is 4.31. The van der Waals surface area contributed by atoms with Crippen molar-refractivity contribution in [2.75, 3.05) is 20.2 Å². The second-order valence-electron chi connectivity index (χ2n) is 8.42. The number of nitrogens with one attached hydrogen (secondary N) is 2. The summed E-state index contributed by atoms with van der Waals surface area (Å²) in [6.45, 7) is 0.938. The number of hydrogen-bond donors (Lipinski definition) is 2. The van der Waals surface area contributed by atoms with Crippen LogP contribution in [-0.2, 0) is 16.0 Å². The van der Waals surface area contributed by atoms with Crippen LogP contribution in [0.5, 0.6) is 5.75 Å². The number of alkyl halides is 1. The van der Waals surface area contributed by atoms with Gasteiger partial charge in [0.25, 0.3) is 5.91 Å². The molecule has 2 saturated heterocycles. The molecule has 2 N–H and O–H groups in total. The van der Waals surface area contributed by atoms with Gasteiger partial charge in [0, 0.05) is 37.2 Å². The third-order valence-corrected chi connectivity index (χ3v) is 6.27. The predicted molar refractivity (Wildman–Crippen MR) is 107 cm³/mol. The van der Waals surface area contributed by atoms with Crippen molar-refractivity contribution >= 4 is 11.8 Å². The lowest BCUT2D eigenvalue weighted by atomic mass is 10.1. The molecule has 0 unspecified atom stereocenters. The molecule has 1 aromatic heterocycles. The van der Waals surface area contributed by atoms with Gasteiger partial charge in [0.15, 0.2) is 5.67 Å². The SMILES string of the molecule is COc1ccc(-c2nnc(C[C@@H]3CNC(=O)[C@@H]4C[C@H](NC(=O)C5(F)CC5)CN34)o2)cc1.